The number of piperidine rings is 3. The summed E-state index contributed by atoms with van der Waals surface area (Å²) in [6.45, 7) is 7.61. The lowest BCUT2D eigenvalue weighted by molar-refractivity contribution is -0.0353. The molecule has 6 nitrogen and oxygen atoms in total. The maximum atomic E-state index is 13.1. The quantitative estimate of drug-likeness (QED) is 0.562. The number of carbonyl (C=O) groups excluding carboxylic acids is 1. The lowest BCUT2D eigenvalue weighted by Gasteiger charge is -2.44. The molecule has 3 fully saturated rings. The second-order valence-corrected chi connectivity index (χ2v) is 10.4. The lowest BCUT2D eigenvalue weighted by atomic mass is 9.76. The summed E-state index contributed by atoms with van der Waals surface area (Å²) in [5, 5.41) is 3.31. The summed E-state index contributed by atoms with van der Waals surface area (Å²) in [5.41, 5.74) is 4.62. The number of rotatable bonds is 7. The average Bonchev–Trinajstić information content (AvgIpc) is 3.21. The molecule has 4 aliphatic rings. The Labute approximate surface area is 208 Å². The number of nitrogens with one attached hydrogen (secondary N) is 1. The molecule has 3 heterocycles. The Morgan fingerprint density at radius 3 is 2.46 bits per heavy atom. The molecule has 1 N–H and O–H groups in total. The Kier molecular flexibility index (Phi) is 6.67. The molecular weight excluding hydrogens is 440 g/mol. The summed E-state index contributed by atoms with van der Waals surface area (Å²) in [4.78, 5) is 15.5. The Balaban J connectivity index is 1.40. The molecule has 1 amide bonds. The molecular formula is C29H38N2O4. The summed E-state index contributed by atoms with van der Waals surface area (Å²) in [5.74, 6) is 2.06. The van der Waals surface area contributed by atoms with Gasteiger partial charge in [0.1, 0.15) is 17.6 Å². The standard InChI is InChI=1S/C29H38N2O4/c1-5-29(6-2)17-21-15-20(23-10-8-22(33-3)16-25(23)34-4)7-9-24(21)27(29)30-28(32)35-26-18-31-13-11-19(26)12-14-31/h7-10,15-16,19,26-27H,5-6,11-14,17-18H2,1-4H3,(H,30,32)/t26-,27?/m0/s1. The van der Waals surface area contributed by atoms with Crippen molar-refractivity contribution in [2.75, 3.05) is 33.9 Å². The Bertz CT molecular complexity index is 1070. The molecule has 2 aromatic rings. The van der Waals surface area contributed by atoms with E-state index in [2.05, 4.69) is 42.3 Å². The van der Waals surface area contributed by atoms with Crippen LogP contribution in [-0.4, -0.2) is 51.0 Å². The third-order valence-electron chi connectivity index (χ3n) is 8.85. The molecule has 6 heteroatoms. The van der Waals surface area contributed by atoms with Crippen molar-refractivity contribution in [3.05, 3.63) is 47.5 Å². The molecule has 6 rings (SSSR count). The SMILES string of the molecule is CCC1(CC)Cc2cc(-c3ccc(OC)cc3OC)ccc2C1NC(=O)O[C@H]1CN2CCC1CC2. The van der Waals surface area contributed by atoms with E-state index in [4.69, 9.17) is 14.2 Å². The minimum absolute atomic E-state index is 0.0148. The van der Waals surface area contributed by atoms with E-state index in [1.807, 2.05) is 18.2 Å². The summed E-state index contributed by atoms with van der Waals surface area (Å²) < 4.78 is 17.0. The monoisotopic (exact) mass is 478 g/mol. The fraction of sp³-hybridized carbons (Fsp3) is 0.552. The van der Waals surface area contributed by atoms with Crippen LogP contribution in [0.4, 0.5) is 4.79 Å². The Morgan fingerprint density at radius 1 is 1.06 bits per heavy atom. The van der Waals surface area contributed by atoms with Crippen molar-refractivity contribution in [2.24, 2.45) is 11.3 Å². The highest BCUT2D eigenvalue weighted by Crippen LogP contribution is 2.51. The topological polar surface area (TPSA) is 60.0 Å². The van der Waals surface area contributed by atoms with E-state index >= 15 is 0 Å². The van der Waals surface area contributed by atoms with Gasteiger partial charge in [0, 0.05) is 18.2 Å². The number of hydrogen-bond donors (Lipinski definition) is 1. The molecule has 0 aromatic heterocycles. The maximum Gasteiger partial charge on any atom is 0.407 e. The van der Waals surface area contributed by atoms with E-state index < -0.39 is 0 Å². The smallest absolute Gasteiger partial charge is 0.407 e. The van der Waals surface area contributed by atoms with Gasteiger partial charge in [-0.05, 0) is 85.3 Å². The van der Waals surface area contributed by atoms with Crippen molar-refractivity contribution in [1.29, 1.82) is 0 Å². The van der Waals surface area contributed by atoms with Crippen LogP contribution in [0, 0.1) is 11.3 Å². The summed E-state index contributed by atoms with van der Waals surface area (Å²) in [7, 11) is 3.35. The number of benzene rings is 2. The molecule has 35 heavy (non-hydrogen) atoms. The summed E-state index contributed by atoms with van der Waals surface area (Å²) in [6.07, 6.45) is 4.93. The van der Waals surface area contributed by atoms with E-state index in [0.717, 1.165) is 74.4 Å². The normalized spacial score (nSPS) is 26.2. The van der Waals surface area contributed by atoms with Gasteiger partial charge in [-0.1, -0.05) is 32.0 Å². The first-order valence-corrected chi connectivity index (χ1v) is 13.0. The van der Waals surface area contributed by atoms with E-state index in [9.17, 15) is 4.79 Å². The molecule has 2 aromatic carbocycles. The second-order valence-electron chi connectivity index (χ2n) is 10.4. The van der Waals surface area contributed by atoms with Crippen LogP contribution >= 0.6 is 0 Å². The van der Waals surface area contributed by atoms with Crippen LogP contribution in [0.3, 0.4) is 0 Å². The second kappa shape index (κ2) is 9.73. The fourth-order valence-electron chi connectivity index (χ4n) is 6.53. The van der Waals surface area contributed by atoms with Crippen molar-refractivity contribution in [1.82, 2.24) is 10.2 Å². The van der Waals surface area contributed by atoms with Crippen molar-refractivity contribution in [3.8, 4) is 22.6 Å². The van der Waals surface area contributed by atoms with Gasteiger partial charge in [-0.25, -0.2) is 4.79 Å². The van der Waals surface area contributed by atoms with E-state index in [1.165, 1.54) is 11.1 Å². The van der Waals surface area contributed by atoms with Gasteiger partial charge in [0.25, 0.3) is 0 Å². The van der Waals surface area contributed by atoms with Gasteiger partial charge in [-0.15, -0.1) is 0 Å². The van der Waals surface area contributed by atoms with Crippen LogP contribution < -0.4 is 14.8 Å². The van der Waals surface area contributed by atoms with E-state index in [1.54, 1.807) is 14.2 Å². The van der Waals surface area contributed by atoms with E-state index in [0.29, 0.717) is 5.92 Å². The molecule has 2 atom stereocenters. The number of methoxy groups -OCH3 is 2. The molecule has 1 unspecified atom stereocenters. The third kappa shape index (κ3) is 4.37. The van der Waals surface area contributed by atoms with Crippen LogP contribution in [0.2, 0.25) is 0 Å². The van der Waals surface area contributed by atoms with Crippen molar-refractivity contribution < 1.29 is 19.0 Å². The zero-order valence-corrected chi connectivity index (χ0v) is 21.4. The van der Waals surface area contributed by atoms with Crippen LogP contribution in [-0.2, 0) is 11.2 Å². The lowest BCUT2D eigenvalue weighted by Crippen LogP contribution is -2.53. The van der Waals surface area contributed by atoms with Gasteiger partial charge >= 0.3 is 6.09 Å². The van der Waals surface area contributed by atoms with Gasteiger partial charge < -0.3 is 19.5 Å². The summed E-state index contributed by atoms with van der Waals surface area (Å²) >= 11 is 0. The molecule has 0 radical (unpaired) electrons. The first kappa shape index (κ1) is 24.0. The van der Waals surface area contributed by atoms with Crippen molar-refractivity contribution in [3.63, 3.8) is 0 Å². The minimum atomic E-state index is -0.270. The highest BCUT2D eigenvalue weighted by Gasteiger charge is 2.45. The van der Waals surface area contributed by atoms with E-state index in [-0.39, 0.29) is 23.7 Å². The van der Waals surface area contributed by atoms with Gasteiger partial charge in [-0.2, -0.15) is 0 Å². The first-order chi connectivity index (χ1) is 17.0. The number of fused-ring (bicyclic) bond motifs is 4. The largest absolute Gasteiger partial charge is 0.497 e. The third-order valence-corrected chi connectivity index (χ3v) is 8.85. The molecule has 2 bridgehead atoms. The van der Waals surface area contributed by atoms with Crippen LogP contribution in [0.5, 0.6) is 11.5 Å². The minimum Gasteiger partial charge on any atom is -0.497 e. The Hall–Kier alpha value is -2.73. The Morgan fingerprint density at radius 2 is 1.83 bits per heavy atom. The van der Waals surface area contributed by atoms with Gasteiger partial charge in [0.2, 0.25) is 0 Å². The molecule has 0 spiro atoms. The number of carbonyl (C=O) groups is 1. The molecule has 188 valence electrons. The zero-order valence-electron chi connectivity index (χ0n) is 21.4. The molecule has 1 aliphatic carbocycles. The van der Waals surface area contributed by atoms with Gasteiger partial charge in [0.05, 0.1) is 20.3 Å². The number of ether oxygens (including phenoxy) is 3. The molecule has 3 saturated heterocycles. The van der Waals surface area contributed by atoms with Gasteiger partial charge in [-0.3, -0.25) is 4.90 Å². The highest BCUT2D eigenvalue weighted by atomic mass is 16.6. The number of amides is 1. The van der Waals surface area contributed by atoms with Crippen LogP contribution in [0.1, 0.15) is 56.7 Å². The number of nitrogens with zero attached hydrogens (tertiary/aromatic N) is 1. The summed E-state index contributed by atoms with van der Waals surface area (Å²) in [6, 6.07) is 12.5. The molecule has 0 saturated carbocycles. The van der Waals surface area contributed by atoms with Crippen molar-refractivity contribution in [2.45, 2.75) is 58.1 Å². The highest BCUT2D eigenvalue weighted by molar-refractivity contribution is 5.74. The maximum absolute atomic E-state index is 13.1. The zero-order chi connectivity index (χ0) is 24.6. The van der Waals surface area contributed by atoms with Crippen molar-refractivity contribution >= 4 is 6.09 Å². The fourth-order valence-corrected chi connectivity index (χ4v) is 6.53. The average molecular weight is 479 g/mol. The first-order valence-electron chi connectivity index (χ1n) is 13.0. The number of alkyl carbamates (subject to hydrolysis) is 1. The number of hydrogen-bond acceptors (Lipinski definition) is 5. The van der Waals surface area contributed by atoms with Gasteiger partial charge in [0.15, 0.2) is 0 Å². The predicted molar refractivity (Wildman–Crippen MR) is 137 cm³/mol. The predicted octanol–water partition coefficient (Wildman–Crippen LogP) is 5.59. The molecule has 3 aliphatic heterocycles. The van der Waals surface area contributed by atoms with Crippen LogP contribution in [0.15, 0.2) is 36.4 Å². The van der Waals surface area contributed by atoms with Crippen LogP contribution in [0.25, 0.3) is 11.1 Å².